The zero-order chi connectivity index (χ0) is 15.6. The summed E-state index contributed by atoms with van der Waals surface area (Å²) in [6, 6.07) is 0. The van der Waals surface area contributed by atoms with Gasteiger partial charge in [0.25, 0.3) is 0 Å². The molecule has 0 fully saturated rings. The molecule has 5 heteroatoms. The largest absolute Gasteiger partial charge is 0.370 e. The van der Waals surface area contributed by atoms with Crippen LogP contribution in [0.4, 0.5) is 5.82 Å². The van der Waals surface area contributed by atoms with Crippen LogP contribution in [0.15, 0.2) is 18.7 Å². The van der Waals surface area contributed by atoms with Crippen LogP contribution in [0, 0.1) is 0 Å². The molecule has 0 spiro atoms. The molecule has 1 N–H and O–H groups in total. The molecule has 3 rings (SSSR count). The van der Waals surface area contributed by atoms with Crippen LogP contribution in [0.25, 0.3) is 0 Å². The molecule has 0 radical (unpaired) electrons. The van der Waals surface area contributed by atoms with Crippen molar-refractivity contribution >= 4 is 5.82 Å². The first-order valence-electron chi connectivity index (χ1n) is 8.14. The molecule has 0 atom stereocenters. The lowest BCUT2D eigenvalue weighted by molar-refractivity contribution is 0.542. The lowest BCUT2D eigenvalue weighted by Gasteiger charge is -2.20. The molecular formula is C17H25N5. The van der Waals surface area contributed by atoms with Crippen molar-refractivity contribution in [2.45, 2.75) is 58.4 Å². The fourth-order valence-corrected chi connectivity index (χ4v) is 2.80. The van der Waals surface area contributed by atoms with E-state index in [-0.39, 0.29) is 5.41 Å². The molecule has 2 heterocycles. The number of hydrogen-bond acceptors (Lipinski definition) is 4. The van der Waals surface area contributed by atoms with Gasteiger partial charge in [0.2, 0.25) is 0 Å². The predicted molar refractivity (Wildman–Crippen MR) is 88.1 cm³/mol. The third kappa shape index (κ3) is 3.29. The zero-order valence-electron chi connectivity index (χ0n) is 13.8. The Morgan fingerprint density at radius 3 is 2.82 bits per heavy atom. The lowest BCUT2D eigenvalue weighted by Crippen LogP contribution is -2.19. The Bertz CT molecular complexity index is 625. The molecule has 0 saturated carbocycles. The van der Waals surface area contributed by atoms with Crippen molar-refractivity contribution in [2.24, 2.45) is 0 Å². The van der Waals surface area contributed by atoms with Crippen molar-refractivity contribution < 1.29 is 0 Å². The molecule has 0 unspecified atom stereocenters. The van der Waals surface area contributed by atoms with E-state index in [1.54, 1.807) is 0 Å². The third-order valence-electron chi connectivity index (χ3n) is 4.05. The smallest absolute Gasteiger partial charge is 0.136 e. The second-order valence-corrected chi connectivity index (χ2v) is 7.01. The topological polar surface area (TPSA) is 55.6 Å². The van der Waals surface area contributed by atoms with E-state index in [0.29, 0.717) is 0 Å². The van der Waals surface area contributed by atoms with E-state index < -0.39 is 0 Å². The number of aromatic nitrogens is 4. The van der Waals surface area contributed by atoms with E-state index in [4.69, 9.17) is 9.97 Å². The molecule has 5 nitrogen and oxygen atoms in total. The summed E-state index contributed by atoms with van der Waals surface area (Å²) >= 11 is 0. The van der Waals surface area contributed by atoms with Gasteiger partial charge in [0.1, 0.15) is 11.6 Å². The van der Waals surface area contributed by atoms with Crippen LogP contribution in [-0.4, -0.2) is 26.1 Å². The molecule has 0 bridgehead atoms. The molecule has 0 aliphatic heterocycles. The van der Waals surface area contributed by atoms with Crippen molar-refractivity contribution in [3.63, 3.8) is 0 Å². The van der Waals surface area contributed by atoms with Crippen LogP contribution < -0.4 is 5.32 Å². The van der Waals surface area contributed by atoms with Crippen LogP contribution in [-0.2, 0) is 24.8 Å². The quantitative estimate of drug-likeness (QED) is 0.862. The van der Waals surface area contributed by atoms with Crippen molar-refractivity contribution in [3.05, 3.63) is 35.8 Å². The number of imidazole rings is 1. The normalized spacial score (nSPS) is 14.1. The fraction of sp³-hybridized carbons (Fsp3) is 0.588. The molecule has 22 heavy (non-hydrogen) atoms. The number of hydrogen-bond donors (Lipinski definition) is 1. The Labute approximate surface area is 132 Å². The first-order valence-corrected chi connectivity index (χ1v) is 8.14. The number of fused-ring (bicyclic) bond motifs is 1. The monoisotopic (exact) mass is 299 g/mol. The Hall–Kier alpha value is -1.91. The van der Waals surface area contributed by atoms with Crippen molar-refractivity contribution in [1.29, 1.82) is 0 Å². The first kappa shape index (κ1) is 15.0. The van der Waals surface area contributed by atoms with Gasteiger partial charge < -0.3 is 9.88 Å². The molecule has 1 aliphatic carbocycles. The summed E-state index contributed by atoms with van der Waals surface area (Å²) in [5.41, 5.74) is 2.57. The second kappa shape index (κ2) is 6.07. The molecule has 1 aliphatic rings. The Morgan fingerprint density at radius 1 is 1.23 bits per heavy atom. The maximum atomic E-state index is 4.81. The van der Waals surface area contributed by atoms with Crippen LogP contribution >= 0.6 is 0 Å². The molecule has 0 aromatic carbocycles. The third-order valence-corrected chi connectivity index (χ3v) is 4.05. The summed E-state index contributed by atoms with van der Waals surface area (Å²) in [6.07, 6.45) is 10.1. The van der Waals surface area contributed by atoms with Crippen molar-refractivity contribution in [1.82, 2.24) is 19.5 Å². The van der Waals surface area contributed by atoms with Gasteiger partial charge in [-0.1, -0.05) is 20.8 Å². The minimum Gasteiger partial charge on any atom is -0.370 e. The molecule has 0 amide bonds. The molecular weight excluding hydrogens is 274 g/mol. The van der Waals surface area contributed by atoms with Crippen molar-refractivity contribution in [3.8, 4) is 0 Å². The summed E-state index contributed by atoms with van der Waals surface area (Å²) in [7, 11) is 0. The summed E-state index contributed by atoms with van der Waals surface area (Å²) in [6.45, 7) is 8.42. The van der Waals surface area contributed by atoms with Gasteiger partial charge >= 0.3 is 0 Å². The predicted octanol–water partition coefficient (Wildman–Crippen LogP) is 2.96. The summed E-state index contributed by atoms with van der Waals surface area (Å²) in [5, 5.41) is 3.54. The van der Waals surface area contributed by atoms with Gasteiger partial charge in [-0.3, -0.25) is 0 Å². The van der Waals surface area contributed by atoms with E-state index in [1.807, 2.05) is 18.7 Å². The minimum absolute atomic E-state index is 0.00907. The van der Waals surface area contributed by atoms with Gasteiger partial charge in [-0.05, 0) is 25.7 Å². The first-order chi connectivity index (χ1) is 10.5. The van der Waals surface area contributed by atoms with E-state index in [9.17, 15) is 0 Å². The van der Waals surface area contributed by atoms with Crippen molar-refractivity contribution in [2.75, 3.05) is 11.9 Å². The fourth-order valence-electron chi connectivity index (χ4n) is 2.80. The van der Waals surface area contributed by atoms with E-state index in [1.165, 1.54) is 17.7 Å². The lowest BCUT2D eigenvalue weighted by atomic mass is 9.95. The van der Waals surface area contributed by atoms with Gasteiger partial charge in [0, 0.05) is 42.2 Å². The highest BCUT2D eigenvalue weighted by Crippen LogP contribution is 2.29. The Kier molecular flexibility index (Phi) is 4.14. The number of nitrogens with zero attached hydrogens (tertiary/aromatic N) is 4. The average molecular weight is 299 g/mol. The highest BCUT2D eigenvalue weighted by Gasteiger charge is 2.24. The SMILES string of the molecule is CC(C)(C)c1nc2c(c(NCCCn3ccnc3)n1)CCC2. The number of rotatable bonds is 5. The van der Waals surface area contributed by atoms with Crippen LogP contribution in [0.1, 0.15) is 50.7 Å². The van der Waals surface area contributed by atoms with Gasteiger partial charge in [-0.25, -0.2) is 15.0 Å². The number of aryl methyl sites for hydroxylation is 2. The van der Waals surface area contributed by atoms with Gasteiger partial charge in [-0.15, -0.1) is 0 Å². The average Bonchev–Trinajstić information content (AvgIpc) is 3.13. The number of anilines is 1. The van der Waals surface area contributed by atoms with Crippen LogP contribution in [0.5, 0.6) is 0 Å². The van der Waals surface area contributed by atoms with E-state index in [0.717, 1.165) is 44.0 Å². The van der Waals surface area contributed by atoms with Gasteiger partial charge in [0.05, 0.1) is 6.33 Å². The van der Waals surface area contributed by atoms with Gasteiger partial charge in [0.15, 0.2) is 0 Å². The van der Waals surface area contributed by atoms with E-state index >= 15 is 0 Å². The number of nitrogens with one attached hydrogen (secondary N) is 1. The maximum Gasteiger partial charge on any atom is 0.136 e. The molecule has 2 aromatic rings. The Morgan fingerprint density at radius 2 is 2.09 bits per heavy atom. The summed E-state index contributed by atoms with van der Waals surface area (Å²) in [4.78, 5) is 13.7. The summed E-state index contributed by atoms with van der Waals surface area (Å²) in [5.74, 6) is 2.00. The second-order valence-electron chi connectivity index (χ2n) is 7.01. The molecule has 118 valence electrons. The molecule has 2 aromatic heterocycles. The van der Waals surface area contributed by atoms with Crippen LogP contribution in [0.2, 0.25) is 0 Å². The minimum atomic E-state index is -0.00907. The summed E-state index contributed by atoms with van der Waals surface area (Å²) < 4.78 is 2.10. The van der Waals surface area contributed by atoms with Crippen LogP contribution in [0.3, 0.4) is 0 Å². The standard InChI is InChI=1S/C17H25N5/c1-17(2,3)16-20-14-7-4-6-13(14)15(21-16)19-8-5-10-22-11-9-18-12-22/h9,11-12H,4-8,10H2,1-3H3,(H,19,20,21). The molecule has 0 saturated heterocycles. The zero-order valence-corrected chi connectivity index (χ0v) is 13.8. The highest BCUT2D eigenvalue weighted by molar-refractivity contribution is 5.49. The Balaban J connectivity index is 1.68. The van der Waals surface area contributed by atoms with Gasteiger partial charge in [-0.2, -0.15) is 0 Å². The highest BCUT2D eigenvalue weighted by atomic mass is 15.1. The van der Waals surface area contributed by atoms with E-state index in [2.05, 4.69) is 35.6 Å². The maximum absolute atomic E-state index is 4.81.